The third kappa shape index (κ3) is 30.0. The molecule has 57 heavy (non-hydrogen) atoms. The van der Waals surface area contributed by atoms with Crippen molar-refractivity contribution in [2.75, 3.05) is 19.8 Å². The van der Waals surface area contributed by atoms with Crippen LogP contribution in [-0.2, 0) is 28.5 Å². The molecule has 4 N–H and O–H groups in total. The Bertz CT molecular complexity index is 985. The molecule has 1 fully saturated rings. The molecule has 0 bridgehead atoms. The highest BCUT2D eigenvalue weighted by atomic mass is 16.7. The summed E-state index contributed by atoms with van der Waals surface area (Å²) in [4.78, 5) is 25.3. The van der Waals surface area contributed by atoms with Crippen LogP contribution in [0.3, 0.4) is 0 Å². The maximum Gasteiger partial charge on any atom is 0.306 e. The molecule has 0 amide bonds. The SMILES string of the molecule is CCCCC/C=C\C/C=C\CCCCCCCC(=O)OC(COC(=O)CCCCCCCCCCCCCCCCCCC)COC1OC(CO)C(O)C(O)C1O. The van der Waals surface area contributed by atoms with Crippen molar-refractivity contribution in [1.29, 1.82) is 0 Å². The van der Waals surface area contributed by atoms with Gasteiger partial charge in [-0.2, -0.15) is 0 Å². The number of allylic oxidation sites excluding steroid dienone is 4. The van der Waals surface area contributed by atoms with E-state index in [0.717, 1.165) is 57.8 Å². The molecule has 0 spiro atoms. The minimum Gasteiger partial charge on any atom is -0.462 e. The monoisotopic (exact) mass is 811 g/mol. The van der Waals surface area contributed by atoms with Crippen LogP contribution < -0.4 is 0 Å². The number of aliphatic hydroxyl groups is 4. The molecule has 334 valence electrons. The van der Waals surface area contributed by atoms with Gasteiger partial charge in [0.25, 0.3) is 0 Å². The number of carbonyl (C=O) groups excluding carboxylic acids is 2. The second-order valence-electron chi connectivity index (χ2n) is 16.2. The summed E-state index contributed by atoms with van der Waals surface area (Å²) in [5, 5.41) is 40.1. The lowest BCUT2D eigenvalue weighted by Gasteiger charge is -2.39. The average molecular weight is 811 g/mol. The lowest BCUT2D eigenvalue weighted by atomic mass is 9.99. The molecule has 0 aliphatic carbocycles. The van der Waals surface area contributed by atoms with E-state index in [-0.39, 0.29) is 32.0 Å². The van der Waals surface area contributed by atoms with Crippen LogP contribution in [0.5, 0.6) is 0 Å². The molecule has 10 heteroatoms. The zero-order valence-corrected chi connectivity index (χ0v) is 36.3. The predicted octanol–water partition coefficient (Wildman–Crippen LogP) is 10.1. The first-order valence-electron chi connectivity index (χ1n) is 23.4. The molecule has 0 aromatic heterocycles. The Morgan fingerprint density at radius 2 is 0.982 bits per heavy atom. The van der Waals surface area contributed by atoms with Crippen molar-refractivity contribution in [3.63, 3.8) is 0 Å². The fourth-order valence-corrected chi connectivity index (χ4v) is 7.10. The highest BCUT2D eigenvalue weighted by molar-refractivity contribution is 5.70. The molecular formula is C47H86O10. The summed E-state index contributed by atoms with van der Waals surface area (Å²) in [6.07, 6.45) is 34.6. The molecule has 1 rings (SSSR count). The number of carbonyl (C=O) groups is 2. The quantitative estimate of drug-likeness (QED) is 0.0268. The third-order valence-electron chi connectivity index (χ3n) is 10.8. The van der Waals surface area contributed by atoms with Crippen molar-refractivity contribution in [2.45, 2.75) is 243 Å². The summed E-state index contributed by atoms with van der Waals surface area (Å²) in [5.74, 6) is -0.814. The number of esters is 2. The maximum absolute atomic E-state index is 12.8. The maximum atomic E-state index is 12.8. The van der Waals surface area contributed by atoms with Gasteiger partial charge in [0, 0.05) is 12.8 Å². The van der Waals surface area contributed by atoms with E-state index in [1.54, 1.807) is 0 Å². The first-order valence-corrected chi connectivity index (χ1v) is 23.4. The molecule has 0 aromatic carbocycles. The van der Waals surface area contributed by atoms with Crippen LogP contribution in [0.15, 0.2) is 24.3 Å². The van der Waals surface area contributed by atoms with E-state index in [0.29, 0.717) is 6.42 Å². The second-order valence-corrected chi connectivity index (χ2v) is 16.2. The second kappa shape index (κ2) is 38.4. The van der Waals surface area contributed by atoms with E-state index in [4.69, 9.17) is 18.9 Å². The summed E-state index contributed by atoms with van der Waals surface area (Å²) in [7, 11) is 0. The van der Waals surface area contributed by atoms with Crippen molar-refractivity contribution in [3.05, 3.63) is 24.3 Å². The summed E-state index contributed by atoms with van der Waals surface area (Å²) >= 11 is 0. The van der Waals surface area contributed by atoms with E-state index in [2.05, 4.69) is 38.2 Å². The van der Waals surface area contributed by atoms with Crippen molar-refractivity contribution in [2.24, 2.45) is 0 Å². The fourth-order valence-electron chi connectivity index (χ4n) is 7.10. The minimum absolute atomic E-state index is 0.217. The summed E-state index contributed by atoms with van der Waals surface area (Å²) in [6, 6.07) is 0. The Labute approximate surface area is 347 Å². The predicted molar refractivity (Wildman–Crippen MR) is 229 cm³/mol. The van der Waals surface area contributed by atoms with Gasteiger partial charge in [-0.15, -0.1) is 0 Å². The van der Waals surface area contributed by atoms with Crippen molar-refractivity contribution in [3.8, 4) is 0 Å². The molecule has 1 saturated heterocycles. The highest BCUT2D eigenvalue weighted by Gasteiger charge is 2.44. The van der Waals surface area contributed by atoms with E-state index < -0.39 is 49.4 Å². The molecule has 1 heterocycles. The van der Waals surface area contributed by atoms with Gasteiger partial charge in [0.1, 0.15) is 31.0 Å². The Kier molecular flexibility index (Phi) is 35.8. The van der Waals surface area contributed by atoms with E-state index >= 15 is 0 Å². The Balaban J connectivity index is 2.31. The largest absolute Gasteiger partial charge is 0.462 e. The van der Waals surface area contributed by atoms with Crippen LogP contribution in [0.1, 0.15) is 206 Å². The van der Waals surface area contributed by atoms with Crippen LogP contribution in [0.2, 0.25) is 0 Å². The van der Waals surface area contributed by atoms with Gasteiger partial charge in [0.2, 0.25) is 0 Å². The molecule has 6 atom stereocenters. The fraction of sp³-hybridized carbons (Fsp3) is 0.872. The smallest absolute Gasteiger partial charge is 0.306 e. The molecule has 0 radical (unpaired) electrons. The van der Waals surface area contributed by atoms with Gasteiger partial charge in [0.05, 0.1) is 13.2 Å². The summed E-state index contributed by atoms with van der Waals surface area (Å²) in [6.45, 7) is 3.40. The van der Waals surface area contributed by atoms with Gasteiger partial charge in [-0.3, -0.25) is 9.59 Å². The van der Waals surface area contributed by atoms with E-state index in [1.807, 2.05) is 0 Å². The van der Waals surface area contributed by atoms with Crippen LogP contribution >= 0.6 is 0 Å². The minimum atomic E-state index is -1.59. The molecular weight excluding hydrogens is 725 g/mol. The van der Waals surface area contributed by atoms with Gasteiger partial charge in [-0.25, -0.2) is 0 Å². The standard InChI is InChI=1S/C47H86O10/c1-3-5-7-9-11-13-15-17-19-20-22-23-25-27-29-31-33-35-42(49)54-38-40(39-55-47-46(53)45(52)44(51)41(37-48)57-47)56-43(50)36-34-32-30-28-26-24-21-18-16-14-12-10-8-6-4-2/h12,14,18,21,40-41,44-48,51-53H,3-11,13,15-17,19-20,22-39H2,1-2H3/b14-12-,21-18-. The van der Waals surface area contributed by atoms with Gasteiger partial charge < -0.3 is 39.4 Å². The first-order chi connectivity index (χ1) is 27.8. The number of rotatable bonds is 39. The zero-order valence-electron chi connectivity index (χ0n) is 36.3. The molecule has 6 unspecified atom stereocenters. The Morgan fingerprint density at radius 3 is 1.49 bits per heavy atom. The average Bonchev–Trinajstić information content (AvgIpc) is 3.21. The summed E-state index contributed by atoms with van der Waals surface area (Å²) < 4.78 is 22.2. The lowest BCUT2D eigenvalue weighted by molar-refractivity contribution is -0.305. The lowest BCUT2D eigenvalue weighted by Crippen LogP contribution is -2.59. The van der Waals surface area contributed by atoms with Gasteiger partial charge in [-0.1, -0.05) is 173 Å². The van der Waals surface area contributed by atoms with Crippen LogP contribution in [0.4, 0.5) is 0 Å². The van der Waals surface area contributed by atoms with Crippen LogP contribution in [0, 0.1) is 0 Å². The van der Waals surface area contributed by atoms with Crippen molar-refractivity contribution < 1.29 is 49.0 Å². The number of hydrogen-bond acceptors (Lipinski definition) is 10. The molecule has 0 aromatic rings. The number of hydrogen-bond donors (Lipinski definition) is 4. The highest BCUT2D eigenvalue weighted by Crippen LogP contribution is 2.23. The van der Waals surface area contributed by atoms with Gasteiger partial charge in [0.15, 0.2) is 12.4 Å². The summed E-state index contributed by atoms with van der Waals surface area (Å²) in [5.41, 5.74) is 0. The number of ether oxygens (including phenoxy) is 4. The molecule has 1 aliphatic heterocycles. The zero-order chi connectivity index (χ0) is 41.6. The number of aliphatic hydroxyl groups excluding tert-OH is 4. The first kappa shape index (κ1) is 53.2. The van der Waals surface area contributed by atoms with Crippen molar-refractivity contribution >= 4 is 11.9 Å². The van der Waals surface area contributed by atoms with E-state index in [1.165, 1.54) is 116 Å². The van der Waals surface area contributed by atoms with Crippen LogP contribution in [0.25, 0.3) is 0 Å². The topological polar surface area (TPSA) is 152 Å². The molecule has 10 nitrogen and oxygen atoms in total. The van der Waals surface area contributed by atoms with Crippen molar-refractivity contribution in [1.82, 2.24) is 0 Å². The normalized spacial score (nSPS) is 20.4. The van der Waals surface area contributed by atoms with E-state index in [9.17, 15) is 30.0 Å². The number of unbranched alkanes of at least 4 members (excludes halogenated alkanes) is 24. The van der Waals surface area contributed by atoms with Gasteiger partial charge in [-0.05, 0) is 44.9 Å². The Morgan fingerprint density at radius 1 is 0.544 bits per heavy atom. The third-order valence-corrected chi connectivity index (χ3v) is 10.8. The van der Waals surface area contributed by atoms with Gasteiger partial charge >= 0.3 is 11.9 Å². The molecule has 1 aliphatic rings. The Hall–Kier alpha value is -1.82. The van der Waals surface area contributed by atoms with Crippen LogP contribution in [-0.4, -0.2) is 89.0 Å². The molecule has 0 saturated carbocycles.